The fourth-order valence-corrected chi connectivity index (χ4v) is 2.32. The molecule has 0 aliphatic carbocycles. The van der Waals surface area contributed by atoms with Gasteiger partial charge >= 0.3 is 6.09 Å². The largest absolute Gasteiger partial charge is 0.465 e. The number of carboxylic acid groups (broad SMARTS) is 1. The summed E-state index contributed by atoms with van der Waals surface area (Å²) in [5.41, 5.74) is 0.750. The Labute approximate surface area is 100 Å². The van der Waals surface area contributed by atoms with Crippen molar-refractivity contribution in [1.82, 2.24) is 0 Å². The molecule has 1 unspecified atom stereocenters. The van der Waals surface area contributed by atoms with Gasteiger partial charge < -0.3 is 5.11 Å². The first kappa shape index (κ1) is 12.9. The molecule has 0 fully saturated rings. The first-order chi connectivity index (χ1) is 7.56. The highest BCUT2D eigenvalue weighted by atomic mass is 32.2. The van der Waals surface area contributed by atoms with E-state index in [9.17, 15) is 4.79 Å². The fourth-order valence-electron chi connectivity index (χ4n) is 1.24. The number of rotatable bonds is 4. The van der Waals surface area contributed by atoms with E-state index in [4.69, 9.17) is 5.11 Å². The Bertz CT molecular complexity index is 368. The van der Waals surface area contributed by atoms with Crippen LogP contribution < -0.4 is 4.90 Å². The van der Waals surface area contributed by atoms with E-state index in [1.165, 1.54) is 4.90 Å². The molecule has 1 aromatic carbocycles. The van der Waals surface area contributed by atoms with Crippen molar-refractivity contribution in [3.8, 4) is 0 Å². The molecule has 1 amide bonds. The lowest BCUT2D eigenvalue weighted by atomic mass is 10.3. The zero-order valence-electron chi connectivity index (χ0n) is 9.80. The highest BCUT2D eigenvalue weighted by Gasteiger charge is 2.14. The molecule has 1 N–H and O–H groups in total. The number of amides is 1. The van der Waals surface area contributed by atoms with Crippen LogP contribution in [0.25, 0.3) is 0 Å². The van der Waals surface area contributed by atoms with Crippen molar-refractivity contribution in [1.29, 1.82) is 0 Å². The normalized spacial score (nSPS) is 12.2. The van der Waals surface area contributed by atoms with Crippen molar-refractivity contribution < 1.29 is 9.90 Å². The summed E-state index contributed by atoms with van der Waals surface area (Å²) in [6.45, 7) is 4.27. The molecule has 4 heteroatoms. The van der Waals surface area contributed by atoms with Gasteiger partial charge in [-0.1, -0.05) is 26.0 Å². The lowest BCUT2D eigenvalue weighted by Gasteiger charge is -2.18. The van der Waals surface area contributed by atoms with Crippen LogP contribution in [0.2, 0.25) is 0 Å². The molecule has 0 saturated heterocycles. The van der Waals surface area contributed by atoms with E-state index in [2.05, 4.69) is 13.8 Å². The smallest absolute Gasteiger partial charge is 0.411 e. The fraction of sp³-hybridized carbons (Fsp3) is 0.417. The number of anilines is 1. The lowest BCUT2D eigenvalue weighted by molar-refractivity contribution is 0.203. The van der Waals surface area contributed by atoms with Crippen molar-refractivity contribution in [2.45, 2.75) is 30.4 Å². The van der Waals surface area contributed by atoms with Gasteiger partial charge in [0.05, 0.1) is 5.69 Å². The molecule has 0 aliphatic rings. The van der Waals surface area contributed by atoms with Crippen molar-refractivity contribution in [2.24, 2.45) is 0 Å². The van der Waals surface area contributed by atoms with E-state index in [1.807, 2.05) is 24.3 Å². The third-order valence-corrected chi connectivity index (χ3v) is 3.75. The summed E-state index contributed by atoms with van der Waals surface area (Å²) >= 11 is 1.71. The van der Waals surface area contributed by atoms with E-state index in [0.717, 1.165) is 17.0 Å². The van der Waals surface area contributed by atoms with Crippen molar-refractivity contribution in [2.75, 3.05) is 11.9 Å². The number of para-hydroxylation sites is 1. The van der Waals surface area contributed by atoms with Gasteiger partial charge in [0.15, 0.2) is 0 Å². The first-order valence-corrected chi connectivity index (χ1v) is 6.16. The molecule has 0 heterocycles. The van der Waals surface area contributed by atoms with Crippen LogP contribution in [-0.4, -0.2) is 23.5 Å². The Balaban J connectivity index is 2.95. The van der Waals surface area contributed by atoms with Gasteiger partial charge in [-0.05, 0) is 18.6 Å². The molecule has 0 aromatic heterocycles. The van der Waals surface area contributed by atoms with Gasteiger partial charge in [0.2, 0.25) is 0 Å². The zero-order chi connectivity index (χ0) is 12.1. The van der Waals surface area contributed by atoms with Crippen LogP contribution in [0.1, 0.15) is 20.3 Å². The first-order valence-electron chi connectivity index (χ1n) is 5.28. The molecule has 1 atom stereocenters. The predicted octanol–water partition coefficient (Wildman–Crippen LogP) is 3.69. The number of carbonyl (C=O) groups is 1. The molecule has 88 valence electrons. The maximum atomic E-state index is 10.9. The number of nitrogens with zero attached hydrogens (tertiary/aromatic N) is 1. The maximum absolute atomic E-state index is 10.9. The molecule has 0 spiro atoms. The molecule has 1 aromatic rings. The van der Waals surface area contributed by atoms with Gasteiger partial charge in [-0.25, -0.2) is 4.79 Å². The van der Waals surface area contributed by atoms with E-state index in [-0.39, 0.29) is 0 Å². The molecule has 3 nitrogen and oxygen atoms in total. The number of hydrogen-bond donors (Lipinski definition) is 1. The second-order valence-electron chi connectivity index (χ2n) is 3.65. The quantitative estimate of drug-likeness (QED) is 0.815. The second-order valence-corrected chi connectivity index (χ2v) is 5.13. The second kappa shape index (κ2) is 5.80. The summed E-state index contributed by atoms with van der Waals surface area (Å²) < 4.78 is 0. The van der Waals surface area contributed by atoms with Gasteiger partial charge in [-0.15, -0.1) is 11.8 Å². The van der Waals surface area contributed by atoms with Crippen molar-refractivity contribution in [3.05, 3.63) is 24.3 Å². The van der Waals surface area contributed by atoms with E-state index < -0.39 is 6.09 Å². The average molecular weight is 239 g/mol. The standard InChI is InChI=1S/C12H17NO2S/c1-4-9(2)16-11-8-6-5-7-10(11)13(3)12(14)15/h5-9H,4H2,1-3H3,(H,14,15). The van der Waals surface area contributed by atoms with Gasteiger partial charge in [0.1, 0.15) is 0 Å². The van der Waals surface area contributed by atoms with Crippen molar-refractivity contribution in [3.63, 3.8) is 0 Å². The Kier molecular flexibility index (Phi) is 4.68. The van der Waals surface area contributed by atoms with Gasteiger partial charge in [0, 0.05) is 17.2 Å². The Morgan fingerprint density at radius 1 is 1.50 bits per heavy atom. The van der Waals surface area contributed by atoms with E-state index >= 15 is 0 Å². The van der Waals surface area contributed by atoms with Crippen LogP contribution in [0.15, 0.2) is 29.2 Å². The highest BCUT2D eigenvalue weighted by molar-refractivity contribution is 8.00. The van der Waals surface area contributed by atoms with Crippen molar-refractivity contribution >= 4 is 23.5 Å². The summed E-state index contributed by atoms with van der Waals surface area (Å²) in [4.78, 5) is 13.2. The highest BCUT2D eigenvalue weighted by Crippen LogP contribution is 2.33. The summed E-state index contributed by atoms with van der Waals surface area (Å²) in [5.74, 6) is 0. The minimum Gasteiger partial charge on any atom is -0.465 e. The summed E-state index contributed by atoms with van der Waals surface area (Å²) in [5, 5.41) is 9.46. The summed E-state index contributed by atoms with van der Waals surface area (Å²) in [6, 6.07) is 7.59. The van der Waals surface area contributed by atoms with Crippen LogP contribution in [0.5, 0.6) is 0 Å². The number of hydrogen-bond acceptors (Lipinski definition) is 2. The third kappa shape index (κ3) is 3.17. The Hall–Kier alpha value is -1.16. The molecule has 0 radical (unpaired) electrons. The van der Waals surface area contributed by atoms with Crippen LogP contribution >= 0.6 is 11.8 Å². The number of benzene rings is 1. The maximum Gasteiger partial charge on any atom is 0.411 e. The molecular weight excluding hydrogens is 222 g/mol. The molecular formula is C12H17NO2S. The van der Waals surface area contributed by atoms with Crippen LogP contribution in [-0.2, 0) is 0 Å². The predicted molar refractivity (Wildman–Crippen MR) is 68.5 cm³/mol. The molecule has 1 rings (SSSR count). The summed E-state index contributed by atoms with van der Waals surface area (Å²) in [7, 11) is 1.57. The van der Waals surface area contributed by atoms with E-state index in [1.54, 1.807) is 18.8 Å². The Morgan fingerprint density at radius 3 is 2.69 bits per heavy atom. The van der Waals surface area contributed by atoms with Crippen LogP contribution in [0, 0.1) is 0 Å². The van der Waals surface area contributed by atoms with Gasteiger partial charge in [-0.3, -0.25) is 4.90 Å². The minimum absolute atomic E-state index is 0.489. The monoisotopic (exact) mass is 239 g/mol. The molecule has 16 heavy (non-hydrogen) atoms. The topological polar surface area (TPSA) is 40.5 Å². The summed E-state index contributed by atoms with van der Waals surface area (Å²) in [6.07, 6.45) is 0.132. The van der Waals surface area contributed by atoms with E-state index in [0.29, 0.717) is 5.25 Å². The third-order valence-electron chi connectivity index (χ3n) is 2.42. The molecule has 0 saturated carbocycles. The molecule has 0 bridgehead atoms. The Morgan fingerprint density at radius 2 is 2.12 bits per heavy atom. The zero-order valence-corrected chi connectivity index (χ0v) is 10.6. The average Bonchev–Trinajstić information content (AvgIpc) is 2.28. The van der Waals surface area contributed by atoms with Gasteiger partial charge in [-0.2, -0.15) is 0 Å². The minimum atomic E-state index is -0.933. The van der Waals surface area contributed by atoms with Gasteiger partial charge in [0.25, 0.3) is 0 Å². The SMILES string of the molecule is CCC(C)Sc1ccccc1N(C)C(=O)O. The lowest BCUT2D eigenvalue weighted by Crippen LogP contribution is -2.24. The number of thioether (sulfide) groups is 1. The van der Waals surface area contributed by atoms with Crippen LogP contribution in [0.3, 0.4) is 0 Å². The van der Waals surface area contributed by atoms with Crippen LogP contribution in [0.4, 0.5) is 10.5 Å². The molecule has 0 aliphatic heterocycles.